The summed E-state index contributed by atoms with van der Waals surface area (Å²) in [5.74, 6) is -1.40. The lowest BCUT2D eigenvalue weighted by atomic mass is 10.0. The lowest BCUT2D eigenvalue weighted by molar-refractivity contribution is -0.148. The second-order valence-corrected chi connectivity index (χ2v) is 6.14. The van der Waals surface area contributed by atoms with Gasteiger partial charge in [0.25, 0.3) is 0 Å². The van der Waals surface area contributed by atoms with E-state index in [9.17, 15) is 18.0 Å². The largest absolute Gasteiger partial charge is 0.465 e. The summed E-state index contributed by atoms with van der Waals surface area (Å²) in [6, 6.07) is 8.88. The molecule has 0 saturated heterocycles. The van der Waals surface area contributed by atoms with E-state index < -0.39 is 23.3 Å². The molecule has 2 rings (SSSR count). The molecule has 1 aliphatic rings. The number of thioether (sulfide) groups is 1. The van der Waals surface area contributed by atoms with Gasteiger partial charge in [0, 0.05) is 10.5 Å². The van der Waals surface area contributed by atoms with Gasteiger partial charge >= 0.3 is 12.1 Å². The van der Waals surface area contributed by atoms with Crippen LogP contribution in [0.1, 0.15) is 19.4 Å². The summed E-state index contributed by atoms with van der Waals surface area (Å²) < 4.78 is 44.1. The first-order valence-corrected chi connectivity index (χ1v) is 7.22. The van der Waals surface area contributed by atoms with Crippen molar-refractivity contribution in [3.8, 4) is 0 Å². The van der Waals surface area contributed by atoms with Crippen LogP contribution < -0.4 is 0 Å². The first-order chi connectivity index (χ1) is 10.2. The number of ether oxygens (including phenoxy) is 1. The van der Waals surface area contributed by atoms with Gasteiger partial charge in [0.15, 0.2) is 5.57 Å². The normalized spacial score (nSPS) is 19.6. The van der Waals surface area contributed by atoms with E-state index in [1.807, 2.05) is 0 Å². The molecule has 0 saturated carbocycles. The summed E-state index contributed by atoms with van der Waals surface area (Å²) in [6.45, 7) is 3.08. The smallest absolute Gasteiger partial charge is 0.424 e. The van der Waals surface area contributed by atoms with Gasteiger partial charge in [0.1, 0.15) is 5.04 Å². The van der Waals surface area contributed by atoms with Gasteiger partial charge in [0.05, 0.1) is 12.6 Å². The van der Waals surface area contributed by atoms with Gasteiger partial charge in [-0.15, -0.1) is 0 Å². The van der Waals surface area contributed by atoms with Gasteiger partial charge in [-0.3, -0.25) is 4.99 Å². The summed E-state index contributed by atoms with van der Waals surface area (Å²) in [5, 5.41) is 0.450. The van der Waals surface area contributed by atoms with Crippen molar-refractivity contribution in [3.63, 3.8) is 0 Å². The monoisotopic (exact) mass is 329 g/mol. The molecule has 3 nitrogen and oxygen atoms in total. The molecule has 1 aromatic carbocycles. The Morgan fingerprint density at radius 3 is 2.32 bits per heavy atom. The zero-order valence-electron chi connectivity index (χ0n) is 12.2. The number of methoxy groups -OCH3 is 1. The summed E-state index contributed by atoms with van der Waals surface area (Å²) in [4.78, 5) is 15.8. The molecule has 1 heterocycles. The van der Waals surface area contributed by atoms with Crippen molar-refractivity contribution in [1.82, 2.24) is 0 Å². The molecule has 0 amide bonds. The van der Waals surface area contributed by atoms with Gasteiger partial charge < -0.3 is 4.74 Å². The number of halogens is 3. The molecular formula is C15H14F3NO2S. The van der Waals surface area contributed by atoms with Crippen LogP contribution in [-0.4, -0.2) is 29.8 Å². The molecule has 0 atom stereocenters. The van der Waals surface area contributed by atoms with Crippen LogP contribution in [0.4, 0.5) is 13.2 Å². The minimum atomic E-state index is -4.80. The minimum absolute atomic E-state index is 0.147. The van der Waals surface area contributed by atoms with Gasteiger partial charge in [-0.2, -0.15) is 13.2 Å². The third kappa shape index (κ3) is 3.19. The highest BCUT2D eigenvalue weighted by molar-refractivity contribution is 8.18. The first-order valence-electron chi connectivity index (χ1n) is 6.40. The molecule has 0 fully saturated rings. The van der Waals surface area contributed by atoms with E-state index in [-0.39, 0.29) is 4.91 Å². The Labute approximate surface area is 130 Å². The fourth-order valence-corrected chi connectivity index (χ4v) is 3.37. The van der Waals surface area contributed by atoms with Crippen LogP contribution in [0.5, 0.6) is 0 Å². The zero-order chi connectivity index (χ0) is 16.5. The van der Waals surface area contributed by atoms with Gasteiger partial charge in [0.2, 0.25) is 0 Å². The van der Waals surface area contributed by atoms with Gasteiger partial charge in [-0.1, -0.05) is 42.1 Å². The number of aliphatic imine (C=N–C) groups is 1. The molecule has 0 aliphatic carbocycles. The van der Waals surface area contributed by atoms with E-state index in [0.29, 0.717) is 10.6 Å². The summed E-state index contributed by atoms with van der Waals surface area (Å²) in [6.07, 6.45) is -4.80. The number of hydrogen-bond acceptors (Lipinski definition) is 4. The Hall–Kier alpha value is -1.76. The van der Waals surface area contributed by atoms with Crippen molar-refractivity contribution in [3.05, 3.63) is 46.4 Å². The van der Waals surface area contributed by atoms with Crippen LogP contribution >= 0.6 is 11.8 Å². The van der Waals surface area contributed by atoms with Crippen molar-refractivity contribution in [2.24, 2.45) is 4.99 Å². The lowest BCUT2D eigenvalue weighted by Crippen LogP contribution is -2.28. The van der Waals surface area contributed by atoms with E-state index in [2.05, 4.69) is 9.73 Å². The molecule has 0 unspecified atom stereocenters. The van der Waals surface area contributed by atoms with Crippen LogP contribution in [0.2, 0.25) is 0 Å². The number of nitrogens with zero attached hydrogens (tertiary/aromatic N) is 1. The predicted octanol–water partition coefficient (Wildman–Crippen LogP) is 3.95. The Balaban J connectivity index is 2.54. The van der Waals surface area contributed by atoms with Crippen molar-refractivity contribution >= 4 is 22.8 Å². The summed E-state index contributed by atoms with van der Waals surface area (Å²) in [5.41, 5.74) is -1.73. The van der Waals surface area contributed by atoms with Crippen LogP contribution in [0, 0.1) is 0 Å². The number of hydrogen-bond donors (Lipinski definition) is 0. The average Bonchev–Trinajstić information content (AvgIpc) is 2.74. The maximum absolute atomic E-state index is 13.3. The standard InChI is InChI=1S/C15H14F3NO2S/c1-14(2)11(10(13(20)21-3)15(16,17)18)22-12(19-14)9-7-5-4-6-8-9/h4-8H,1-3H3/b11-10+. The van der Waals surface area contributed by atoms with Crippen molar-refractivity contribution in [2.75, 3.05) is 7.11 Å². The molecule has 0 aromatic heterocycles. The Morgan fingerprint density at radius 2 is 1.82 bits per heavy atom. The lowest BCUT2D eigenvalue weighted by Gasteiger charge is -2.20. The fraction of sp³-hybridized carbons (Fsp3) is 0.333. The number of benzene rings is 1. The Morgan fingerprint density at radius 1 is 1.23 bits per heavy atom. The van der Waals surface area contributed by atoms with Crippen LogP contribution in [0.15, 0.2) is 45.8 Å². The highest BCUT2D eigenvalue weighted by atomic mass is 32.2. The summed E-state index contributed by atoms with van der Waals surface area (Å²) in [7, 11) is 0.931. The minimum Gasteiger partial charge on any atom is -0.465 e. The molecule has 1 aromatic rings. The number of esters is 1. The Bertz CT molecular complexity index is 649. The number of carbonyl (C=O) groups excluding carboxylic acids is 1. The predicted molar refractivity (Wildman–Crippen MR) is 79.7 cm³/mol. The molecule has 0 bridgehead atoms. The molecule has 0 spiro atoms. The molecule has 0 radical (unpaired) electrons. The SMILES string of the molecule is COC(=O)/C(=C1\SC(c2ccccc2)=NC1(C)C)C(F)(F)F. The van der Waals surface area contributed by atoms with E-state index in [0.717, 1.165) is 18.9 Å². The first kappa shape index (κ1) is 16.6. The fourth-order valence-electron chi connectivity index (χ4n) is 2.05. The van der Waals surface area contributed by atoms with Crippen LogP contribution in [0.3, 0.4) is 0 Å². The van der Waals surface area contributed by atoms with Crippen molar-refractivity contribution in [1.29, 1.82) is 0 Å². The summed E-state index contributed by atoms with van der Waals surface area (Å²) >= 11 is 0.858. The zero-order valence-corrected chi connectivity index (χ0v) is 13.0. The molecule has 22 heavy (non-hydrogen) atoms. The molecule has 0 N–H and O–H groups in total. The van der Waals surface area contributed by atoms with Crippen molar-refractivity contribution in [2.45, 2.75) is 25.6 Å². The van der Waals surface area contributed by atoms with E-state index in [1.54, 1.807) is 44.2 Å². The Kier molecular flexibility index (Phi) is 4.37. The molecule has 118 valence electrons. The third-order valence-electron chi connectivity index (χ3n) is 3.06. The van der Waals surface area contributed by atoms with Crippen LogP contribution in [-0.2, 0) is 9.53 Å². The van der Waals surface area contributed by atoms with Crippen LogP contribution in [0.25, 0.3) is 0 Å². The van der Waals surface area contributed by atoms with E-state index >= 15 is 0 Å². The van der Waals surface area contributed by atoms with Gasteiger partial charge in [-0.25, -0.2) is 4.79 Å². The number of carbonyl (C=O) groups is 1. The van der Waals surface area contributed by atoms with E-state index in [1.165, 1.54) is 0 Å². The number of rotatable bonds is 2. The third-order valence-corrected chi connectivity index (χ3v) is 4.48. The average molecular weight is 329 g/mol. The molecule has 1 aliphatic heterocycles. The topological polar surface area (TPSA) is 38.7 Å². The van der Waals surface area contributed by atoms with E-state index in [4.69, 9.17) is 0 Å². The maximum atomic E-state index is 13.3. The molecule has 7 heteroatoms. The second kappa shape index (κ2) is 5.79. The number of alkyl halides is 3. The van der Waals surface area contributed by atoms with Crippen molar-refractivity contribution < 1.29 is 22.7 Å². The highest BCUT2D eigenvalue weighted by Crippen LogP contribution is 2.46. The maximum Gasteiger partial charge on any atom is 0.424 e. The second-order valence-electron chi connectivity index (χ2n) is 5.14. The molecular weight excluding hydrogens is 315 g/mol. The van der Waals surface area contributed by atoms with Gasteiger partial charge in [-0.05, 0) is 13.8 Å². The highest BCUT2D eigenvalue weighted by Gasteiger charge is 2.48. The quantitative estimate of drug-likeness (QED) is 0.609.